The second-order valence-corrected chi connectivity index (χ2v) is 5.66. The smallest absolute Gasteiger partial charge is 0.267 e. The fourth-order valence-corrected chi connectivity index (χ4v) is 2.53. The van der Waals surface area contributed by atoms with E-state index in [1.807, 2.05) is 6.07 Å². The molecule has 0 radical (unpaired) electrons. The summed E-state index contributed by atoms with van der Waals surface area (Å²) in [6.45, 7) is 0.382. The van der Waals surface area contributed by atoms with Gasteiger partial charge in [0.15, 0.2) is 0 Å². The van der Waals surface area contributed by atoms with Crippen LogP contribution in [-0.2, 0) is 13.1 Å². The van der Waals surface area contributed by atoms with Gasteiger partial charge in [-0.15, -0.1) is 0 Å². The number of fused-ring (bicyclic) bond motifs is 1. The summed E-state index contributed by atoms with van der Waals surface area (Å²) in [6, 6.07) is 11.8. The molecule has 4 N–H and O–H groups in total. The fourth-order valence-electron chi connectivity index (χ4n) is 2.35. The lowest BCUT2D eigenvalue weighted by Crippen LogP contribution is -2.23. The van der Waals surface area contributed by atoms with Crippen molar-refractivity contribution in [1.29, 1.82) is 0 Å². The number of aromatic amines is 1. The first-order valence-corrected chi connectivity index (χ1v) is 7.48. The van der Waals surface area contributed by atoms with Crippen molar-refractivity contribution >= 4 is 28.4 Å². The third-order valence-electron chi connectivity index (χ3n) is 3.62. The lowest BCUT2D eigenvalue weighted by atomic mass is 10.1. The third kappa shape index (κ3) is 3.36. The highest BCUT2D eigenvalue weighted by Crippen LogP contribution is 2.20. The molecule has 0 saturated carbocycles. The number of hydrogen-bond acceptors (Lipinski definition) is 2. The number of nitrogens with two attached hydrogens (primary N) is 1. The van der Waals surface area contributed by atoms with Gasteiger partial charge in [0.05, 0.1) is 0 Å². The Hall–Kier alpha value is -2.37. The van der Waals surface area contributed by atoms with Crippen LogP contribution in [-0.4, -0.2) is 10.9 Å². The van der Waals surface area contributed by atoms with Gasteiger partial charge in [0, 0.05) is 34.6 Å². The average Bonchev–Trinajstić information content (AvgIpc) is 2.96. The van der Waals surface area contributed by atoms with Crippen molar-refractivity contribution < 1.29 is 9.18 Å². The fraction of sp³-hybridized carbons (Fsp3) is 0.118. The Morgan fingerprint density at radius 3 is 2.78 bits per heavy atom. The second-order valence-electron chi connectivity index (χ2n) is 5.23. The van der Waals surface area contributed by atoms with Gasteiger partial charge in [-0.3, -0.25) is 4.79 Å². The third-order valence-corrected chi connectivity index (χ3v) is 3.86. The SMILES string of the molecule is NCc1ccc(CNC(=O)c2cc3ccc(Cl)cc3[nH]2)c(F)c1. The summed E-state index contributed by atoms with van der Waals surface area (Å²) >= 11 is 5.92. The van der Waals surface area contributed by atoms with Crippen LogP contribution in [0.15, 0.2) is 42.5 Å². The maximum absolute atomic E-state index is 13.9. The van der Waals surface area contributed by atoms with Crippen LogP contribution in [0, 0.1) is 5.82 Å². The highest BCUT2D eigenvalue weighted by atomic mass is 35.5. The van der Waals surface area contributed by atoms with Crippen LogP contribution in [0.3, 0.4) is 0 Å². The zero-order valence-electron chi connectivity index (χ0n) is 12.2. The first-order chi connectivity index (χ1) is 11.1. The van der Waals surface area contributed by atoms with E-state index in [0.29, 0.717) is 21.8 Å². The molecule has 0 fully saturated rings. The van der Waals surface area contributed by atoms with Crippen molar-refractivity contribution in [3.8, 4) is 0 Å². The van der Waals surface area contributed by atoms with E-state index in [0.717, 1.165) is 10.9 Å². The molecule has 3 rings (SSSR count). The molecule has 0 bridgehead atoms. The molecule has 0 aliphatic rings. The Morgan fingerprint density at radius 1 is 1.22 bits per heavy atom. The van der Waals surface area contributed by atoms with Crippen molar-refractivity contribution in [2.75, 3.05) is 0 Å². The van der Waals surface area contributed by atoms with E-state index < -0.39 is 0 Å². The molecule has 23 heavy (non-hydrogen) atoms. The summed E-state index contributed by atoms with van der Waals surface area (Å²) in [6.07, 6.45) is 0. The van der Waals surface area contributed by atoms with Crippen LogP contribution in [0.5, 0.6) is 0 Å². The number of amides is 1. The molecular weight excluding hydrogens is 317 g/mol. The molecule has 2 aromatic carbocycles. The van der Waals surface area contributed by atoms with Gasteiger partial charge in [0.1, 0.15) is 11.5 Å². The van der Waals surface area contributed by atoms with E-state index in [4.69, 9.17) is 17.3 Å². The van der Waals surface area contributed by atoms with Crippen molar-refractivity contribution in [1.82, 2.24) is 10.3 Å². The predicted octanol–water partition coefficient (Wildman–Crippen LogP) is 3.35. The van der Waals surface area contributed by atoms with Crippen molar-refractivity contribution in [2.24, 2.45) is 5.73 Å². The molecule has 0 unspecified atom stereocenters. The van der Waals surface area contributed by atoms with Gasteiger partial charge in [0.2, 0.25) is 0 Å². The molecule has 1 amide bonds. The van der Waals surface area contributed by atoms with Gasteiger partial charge in [-0.05, 0) is 29.8 Å². The number of H-pyrrole nitrogens is 1. The quantitative estimate of drug-likeness (QED) is 0.686. The minimum atomic E-state index is -0.378. The van der Waals surface area contributed by atoms with Crippen molar-refractivity contribution in [3.05, 3.63) is 70.1 Å². The number of aromatic nitrogens is 1. The molecule has 0 spiro atoms. The summed E-state index contributed by atoms with van der Waals surface area (Å²) in [5.74, 6) is -0.684. The molecular formula is C17H15ClFN3O. The summed E-state index contributed by atoms with van der Waals surface area (Å²) in [5.41, 5.74) is 7.77. The lowest BCUT2D eigenvalue weighted by molar-refractivity contribution is 0.0946. The number of halogens is 2. The standard InChI is InChI=1S/C17H15ClFN3O/c18-13-4-3-11-6-16(22-15(11)7-13)17(23)21-9-12-2-1-10(8-20)5-14(12)19/h1-7,22H,8-9,20H2,(H,21,23). The van der Waals surface area contributed by atoms with Gasteiger partial charge < -0.3 is 16.0 Å². The highest BCUT2D eigenvalue weighted by molar-refractivity contribution is 6.31. The van der Waals surface area contributed by atoms with E-state index in [-0.39, 0.29) is 24.8 Å². The van der Waals surface area contributed by atoms with Crippen LogP contribution < -0.4 is 11.1 Å². The van der Waals surface area contributed by atoms with Gasteiger partial charge >= 0.3 is 0 Å². The Kier molecular flexibility index (Phi) is 4.32. The Balaban J connectivity index is 1.73. The molecule has 0 aliphatic heterocycles. The highest BCUT2D eigenvalue weighted by Gasteiger charge is 2.11. The number of carbonyl (C=O) groups excluding carboxylic acids is 1. The average molecular weight is 332 g/mol. The number of nitrogens with one attached hydrogen (secondary N) is 2. The van der Waals surface area contributed by atoms with Crippen molar-refractivity contribution in [2.45, 2.75) is 13.1 Å². The topological polar surface area (TPSA) is 70.9 Å². The largest absolute Gasteiger partial charge is 0.350 e. The number of hydrogen-bond donors (Lipinski definition) is 3. The van der Waals surface area contributed by atoms with E-state index in [9.17, 15) is 9.18 Å². The molecule has 6 heteroatoms. The van der Waals surface area contributed by atoms with E-state index in [1.165, 1.54) is 6.07 Å². The molecule has 1 aromatic heterocycles. The van der Waals surface area contributed by atoms with Crippen LogP contribution in [0.25, 0.3) is 10.9 Å². The monoisotopic (exact) mass is 331 g/mol. The van der Waals surface area contributed by atoms with Crippen LogP contribution >= 0.6 is 11.6 Å². The molecule has 4 nitrogen and oxygen atoms in total. The van der Waals surface area contributed by atoms with Crippen LogP contribution in [0.2, 0.25) is 5.02 Å². The summed E-state index contributed by atoms with van der Waals surface area (Å²) in [5, 5.41) is 4.17. The Morgan fingerprint density at radius 2 is 2.04 bits per heavy atom. The van der Waals surface area contributed by atoms with E-state index in [1.54, 1.807) is 30.3 Å². The number of carbonyl (C=O) groups is 1. The minimum Gasteiger partial charge on any atom is -0.350 e. The van der Waals surface area contributed by atoms with Crippen LogP contribution in [0.1, 0.15) is 21.6 Å². The first-order valence-electron chi connectivity index (χ1n) is 7.10. The Bertz CT molecular complexity index is 875. The second kappa shape index (κ2) is 6.40. The van der Waals surface area contributed by atoms with E-state index >= 15 is 0 Å². The van der Waals surface area contributed by atoms with Crippen molar-refractivity contribution in [3.63, 3.8) is 0 Å². The minimum absolute atomic E-state index is 0.103. The van der Waals surface area contributed by atoms with E-state index in [2.05, 4.69) is 10.3 Å². The molecule has 3 aromatic rings. The zero-order valence-corrected chi connectivity index (χ0v) is 13.0. The molecule has 0 aliphatic carbocycles. The molecule has 118 valence electrons. The van der Waals surface area contributed by atoms with Crippen LogP contribution in [0.4, 0.5) is 4.39 Å². The summed E-state index contributed by atoms with van der Waals surface area (Å²) in [7, 11) is 0. The number of rotatable bonds is 4. The number of benzene rings is 2. The zero-order chi connectivity index (χ0) is 16.4. The molecule has 1 heterocycles. The van der Waals surface area contributed by atoms with Gasteiger partial charge in [-0.1, -0.05) is 29.8 Å². The first kappa shape index (κ1) is 15.5. The molecule has 0 atom stereocenters. The maximum atomic E-state index is 13.9. The van der Waals surface area contributed by atoms with Gasteiger partial charge in [0.25, 0.3) is 5.91 Å². The predicted molar refractivity (Wildman–Crippen MR) is 88.8 cm³/mol. The Labute approximate surface area is 137 Å². The maximum Gasteiger partial charge on any atom is 0.267 e. The molecule has 0 saturated heterocycles. The van der Waals surface area contributed by atoms with Gasteiger partial charge in [-0.2, -0.15) is 0 Å². The summed E-state index contributed by atoms with van der Waals surface area (Å²) in [4.78, 5) is 15.2. The summed E-state index contributed by atoms with van der Waals surface area (Å²) < 4.78 is 13.9. The lowest BCUT2D eigenvalue weighted by Gasteiger charge is -2.06. The normalized spacial score (nSPS) is 10.9. The van der Waals surface area contributed by atoms with Gasteiger partial charge in [-0.25, -0.2) is 4.39 Å².